The van der Waals surface area contributed by atoms with Gasteiger partial charge in [0.2, 0.25) is 0 Å². The first-order valence-electron chi connectivity index (χ1n) is 3.46. The van der Waals surface area contributed by atoms with Crippen LogP contribution < -0.4 is 4.74 Å². The number of nitrogens with zero attached hydrogens (tertiary/aromatic N) is 1. The van der Waals surface area contributed by atoms with Gasteiger partial charge in [-0.3, -0.25) is 0 Å². The third-order valence-corrected chi connectivity index (χ3v) is 1.31. The molecule has 0 aliphatic carbocycles. The minimum Gasteiger partial charge on any atom is -0.495 e. The lowest BCUT2D eigenvalue weighted by molar-refractivity contribution is 0.412. The molecule has 0 atom stereocenters. The van der Waals surface area contributed by atoms with Gasteiger partial charge in [-0.25, -0.2) is 4.98 Å². The van der Waals surface area contributed by atoms with Gasteiger partial charge in [0, 0.05) is 0 Å². The van der Waals surface area contributed by atoms with E-state index in [-0.39, 0.29) is 0 Å². The van der Waals surface area contributed by atoms with E-state index in [1.165, 1.54) is 6.20 Å². The Balaban J connectivity index is 2.66. The molecule has 0 saturated carbocycles. The van der Waals surface area contributed by atoms with Crippen molar-refractivity contribution in [2.45, 2.75) is 0 Å². The molecule has 1 aromatic heterocycles. The Morgan fingerprint density at radius 2 is 2.67 bits per heavy atom. The Morgan fingerprint density at radius 3 is 3.22 bits per heavy atom. The van der Waals surface area contributed by atoms with E-state index in [0.29, 0.717) is 10.4 Å². The van der Waals surface area contributed by atoms with Crippen molar-refractivity contribution in [3.8, 4) is 5.75 Å². The van der Waals surface area contributed by atoms with Crippen molar-refractivity contribution in [1.29, 1.82) is 0 Å². The average molecular weight is 190 g/mol. The van der Waals surface area contributed by atoms with Crippen LogP contribution in [-0.4, -0.2) is 12.0 Å². The van der Waals surface area contributed by atoms with Gasteiger partial charge in [-0.05, 0) is 28.1 Å². The first-order chi connectivity index (χ1) is 5.18. The van der Waals surface area contributed by atoms with Gasteiger partial charge in [-0.2, -0.15) is 0 Å². The van der Waals surface area contributed by atoms with E-state index >= 15 is 0 Å². The van der Waals surface area contributed by atoms with Crippen LogP contribution in [0.5, 0.6) is 5.75 Å². The first kappa shape index (κ1) is 4.28. The van der Waals surface area contributed by atoms with Gasteiger partial charge < -0.3 is 4.74 Å². The topological polar surface area (TPSA) is 22.1 Å². The fourth-order valence-corrected chi connectivity index (χ4v) is 0.667. The van der Waals surface area contributed by atoms with Crippen molar-refractivity contribution < 1.29 is 7.48 Å². The average Bonchev–Trinajstić information content (AvgIpc) is 1.93. The summed E-state index contributed by atoms with van der Waals surface area (Å²) in [6.45, 7) is 0. The van der Waals surface area contributed by atoms with E-state index in [4.69, 9.17) is 7.48 Å². The molecule has 0 fully saturated rings. The van der Waals surface area contributed by atoms with Gasteiger partial charge >= 0.3 is 0 Å². The molecule has 0 spiro atoms. The number of hydrogen-bond donors (Lipinski definition) is 0. The van der Waals surface area contributed by atoms with Crippen LogP contribution in [0.15, 0.2) is 22.9 Å². The molecule has 0 saturated heterocycles. The molecular formula is C6H6BrNO. The van der Waals surface area contributed by atoms with E-state index in [1.807, 2.05) is 0 Å². The second-order valence-electron chi connectivity index (χ2n) is 1.43. The predicted molar refractivity (Wildman–Crippen MR) is 38.5 cm³/mol. The zero-order chi connectivity index (χ0) is 8.27. The summed E-state index contributed by atoms with van der Waals surface area (Å²) in [5.41, 5.74) is 0. The number of rotatable bonds is 1. The Hall–Kier alpha value is -0.570. The van der Waals surface area contributed by atoms with Crippen LogP contribution in [0.1, 0.15) is 2.74 Å². The molecule has 0 unspecified atom stereocenters. The summed E-state index contributed by atoms with van der Waals surface area (Å²) in [6, 6.07) is 3.34. The molecule has 0 aliphatic heterocycles. The second kappa shape index (κ2) is 2.82. The molecule has 48 valence electrons. The van der Waals surface area contributed by atoms with Crippen molar-refractivity contribution in [2.24, 2.45) is 0 Å². The largest absolute Gasteiger partial charge is 0.495 e. The molecule has 0 amide bonds. The van der Waals surface area contributed by atoms with Gasteiger partial charge in [-0.1, -0.05) is 0 Å². The van der Waals surface area contributed by atoms with Crippen LogP contribution >= 0.6 is 15.9 Å². The minimum absolute atomic E-state index is 0.434. The van der Waals surface area contributed by atoms with E-state index in [9.17, 15) is 0 Å². The van der Waals surface area contributed by atoms with Crippen LogP contribution in [0.25, 0.3) is 0 Å². The zero-order valence-electron chi connectivity index (χ0n) is 6.54. The minimum atomic E-state index is -1.29. The number of methoxy groups -OCH3 is 1. The van der Waals surface area contributed by atoms with Gasteiger partial charge in [-0.15, -0.1) is 0 Å². The van der Waals surface area contributed by atoms with E-state index in [0.717, 1.165) is 0 Å². The van der Waals surface area contributed by atoms with Crippen molar-refractivity contribution in [3.63, 3.8) is 0 Å². The summed E-state index contributed by atoms with van der Waals surface area (Å²) in [4.78, 5) is 3.86. The predicted octanol–water partition coefficient (Wildman–Crippen LogP) is 1.85. The maximum absolute atomic E-state index is 6.77. The third kappa shape index (κ3) is 1.68. The molecule has 2 nitrogen and oxygen atoms in total. The summed E-state index contributed by atoms with van der Waals surface area (Å²) < 4.78 is 19.0. The van der Waals surface area contributed by atoms with Gasteiger partial charge in [0.25, 0.3) is 0 Å². The molecule has 0 radical (unpaired) electrons. The van der Waals surface area contributed by atoms with Crippen LogP contribution in [0.2, 0.25) is 0 Å². The number of aromatic nitrogens is 1. The van der Waals surface area contributed by atoms with Crippen molar-refractivity contribution in [1.82, 2.24) is 4.98 Å². The van der Waals surface area contributed by atoms with Crippen LogP contribution in [0.3, 0.4) is 0 Å². The fraction of sp³-hybridized carbons (Fsp3) is 0.167. The lowest BCUT2D eigenvalue weighted by Crippen LogP contribution is -1.82. The molecule has 0 bridgehead atoms. The number of hydrogen-bond acceptors (Lipinski definition) is 2. The molecule has 9 heavy (non-hydrogen) atoms. The SMILES string of the molecule is [2H]C([2H])Oc1ccc(Br)nc1. The Morgan fingerprint density at radius 1 is 1.78 bits per heavy atom. The molecule has 1 rings (SSSR count). The lowest BCUT2D eigenvalue weighted by Gasteiger charge is -1.95. The molecule has 0 aliphatic rings. The molecule has 1 heterocycles. The zero-order valence-corrected chi connectivity index (χ0v) is 6.13. The molecular weight excluding hydrogens is 182 g/mol. The molecule has 1 aromatic rings. The highest BCUT2D eigenvalue weighted by Gasteiger charge is 1.88. The summed E-state index contributed by atoms with van der Waals surface area (Å²) in [5, 5.41) is 0. The smallest absolute Gasteiger partial charge is 0.137 e. The highest BCUT2D eigenvalue weighted by molar-refractivity contribution is 9.10. The number of halogens is 1. The van der Waals surface area contributed by atoms with Crippen LogP contribution in [0.4, 0.5) is 0 Å². The summed E-state index contributed by atoms with van der Waals surface area (Å²) in [7, 11) is -1.29. The van der Waals surface area contributed by atoms with E-state index in [1.54, 1.807) is 12.1 Å². The molecule has 3 heteroatoms. The van der Waals surface area contributed by atoms with E-state index in [2.05, 4.69) is 20.9 Å². The maximum atomic E-state index is 6.77. The summed E-state index contributed by atoms with van der Waals surface area (Å²) in [5.74, 6) is 0.434. The quantitative estimate of drug-likeness (QED) is 0.630. The van der Waals surface area contributed by atoms with Crippen LogP contribution in [-0.2, 0) is 0 Å². The number of pyridine rings is 1. The lowest BCUT2D eigenvalue weighted by atomic mass is 10.5. The highest BCUT2D eigenvalue weighted by Crippen LogP contribution is 2.11. The molecule has 0 aromatic carbocycles. The molecule has 0 N–H and O–H groups in total. The van der Waals surface area contributed by atoms with Crippen molar-refractivity contribution in [2.75, 3.05) is 7.06 Å². The standard InChI is InChI=1S/C6H6BrNO/c1-9-5-2-3-6(7)8-4-5/h2-4H,1H3/i1D2. The van der Waals surface area contributed by atoms with Crippen LogP contribution in [0, 0.1) is 0 Å². The Bertz CT molecular complexity index is 227. The van der Waals surface area contributed by atoms with Crippen molar-refractivity contribution >= 4 is 15.9 Å². The Labute approximate surface area is 64.8 Å². The summed E-state index contributed by atoms with van der Waals surface area (Å²) >= 11 is 3.15. The monoisotopic (exact) mass is 189 g/mol. The Kier molecular flexibility index (Phi) is 1.34. The highest BCUT2D eigenvalue weighted by atomic mass is 79.9. The third-order valence-electron chi connectivity index (χ3n) is 0.836. The van der Waals surface area contributed by atoms with Gasteiger partial charge in [0.15, 0.2) is 0 Å². The normalized spacial score (nSPS) is 12.7. The van der Waals surface area contributed by atoms with E-state index < -0.39 is 7.06 Å². The second-order valence-corrected chi connectivity index (χ2v) is 2.25. The van der Waals surface area contributed by atoms with Crippen molar-refractivity contribution in [3.05, 3.63) is 22.9 Å². The number of ether oxygens (including phenoxy) is 1. The van der Waals surface area contributed by atoms with Gasteiger partial charge in [0.05, 0.1) is 16.0 Å². The summed E-state index contributed by atoms with van der Waals surface area (Å²) in [6.07, 6.45) is 1.46. The first-order valence-corrected chi connectivity index (χ1v) is 3.10. The van der Waals surface area contributed by atoms with Gasteiger partial charge in [0.1, 0.15) is 10.4 Å². The maximum Gasteiger partial charge on any atom is 0.137 e. The fourth-order valence-electron chi connectivity index (χ4n) is 0.432.